The maximum atomic E-state index is 9.50. The van der Waals surface area contributed by atoms with Gasteiger partial charge in [-0.15, -0.1) is 0 Å². The van der Waals surface area contributed by atoms with Crippen molar-refractivity contribution in [2.75, 3.05) is 6.54 Å². The zero-order valence-electron chi connectivity index (χ0n) is 5.18. The molecule has 0 atom stereocenters. The molecule has 3 heteroatoms. The van der Waals surface area contributed by atoms with E-state index < -0.39 is 0 Å². The molecular formula is C5H11NO2. The van der Waals surface area contributed by atoms with E-state index in [0.29, 0.717) is 18.9 Å². The third-order valence-corrected chi connectivity index (χ3v) is 0.623. The first-order valence-electron chi connectivity index (χ1n) is 2.59. The molecule has 0 bridgehead atoms. The van der Waals surface area contributed by atoms with Crippen molar-refractivity contribution >= 4 is 6.47 Å². The maximum absolute atomic E-state index is 9.50. The van der Waals surface area contributed by atoms with Crippen molar-refractivity contribution in [1.82, 2.24) is 5.48 Å². The zero-order valence-corrected chi connectivity index (χ0v) is 5.18. The molecule has 0 rings (SSSR count). The standard InChI is InChI=1S/C5H11NO2/c1-5(2)3-6-8-4-7/h4-6H,3H2,1-2H3. The van der Waals surface area contributed by atoms with Crippen LogP contribution in [0, 0.1) is 5.92 Å². The van der Waals surface area contributed by atoms with Crippen LogP contribution in [-0.4, -0.2) is 13.0 Å². The Hall–Kier alpha value is -0.570. The van der Waals surface area contributed by atoms with Crippen LogP contribution in [0.4, 0.5) is 0 Å². The van der Waals surface area contributed by atoms with Crippen LogP contribution in [-0.2, 0) is 9.63 Å². The fraction of sp³-hybridized carbons (Fsp3) is 0.800. The highest BCUT2D eigenvalue weighted by Crippen LogP contribution is 1.85. The van der Waals surface area contributed by atoms with Crippen LogP contribution in [0.5, 0.6) is 0 Å². The number of hydrogen-bond acceptors (Lipinski definition) is 3. The van der Waals surface area contributed by atoms with Gasteiger partial charge in [-0.05, 0) is 5.92 Å². The summed E-state index contributed by atoms with van der Waals surface area (Å²) in [5.74, 6) is 0.509. The highest BCUT2D eigenvalue weighted by atomic mass is 16.7. The first-order chi connectivity index (χ1) is 3.77. The van der Waals surface area contributed by atoms with E-state index in [1.165, 1.54) is 0 Å². The van der Waals surface area contributed by atoms with Crippen LogP contribution in [0.15, 0.2) is 0 Å². The van der Waals surface area contributed by atoms with Crippen LogP contribution in [0.2, 0.25) is 0 Å². The third-order valence-electron chi connectivity index (χ3n) is 0.623. The SMILES string of the molecule is CC(C)CNOC=O. The van der Waals surface area contributed by atoms with Crippen LogP contribution in [0.1, 0.15) is 13.8 Å². The molecule has 48 valence electrons. The minimum atomic E-state index is 0.377. The van der Waals surface area contributed by atoms with E-state index in [0.717, 1.165) is 0 Å². The van der Waals surface area contributed by atoms with Crippen molar-refractivity contribution in [2.45, 2.75) is 13.8 Å². The Kier molecular flexibility index (Phi) is 4.26. The first kappa shape index (κ1) is 7.43. The Morgan fingerprint density at radius 3 is 2.75 bits per heavy atom. The van der Waals surface area contributed by atoms with Gasteiger partial charge < -0.3 is 4.84 Å². The number of carbonyl (C=O) groups excluding carboxylic acids is 1. The molecule has 0 saturated carbocycles. The smallest absolute Gasteiger partial charge is 0.312 e. The molecule has 0 radical (unpaired) electrons. The van der Waals surface area contributed by atoms with Gasteiger partial charge in [0.25, 0.3) is 0 Å². The predicted molar refractivity (Wildman–Crippen MR) is 30.0 cm³/mol. The number of carbonyl (C=O) groups is 1. The van der Waals surface area contributed by atoms with Crippen molar-refractivity contribution < 1.29 is 9.63 Å². The third kappa shape index (κ3) is 5.43. The van der Waals surface area contributed by atoms with Gasteiger partial charge in [0.1, 0.15) is 0 Å². The summed E-state index contributed by atoms with van der Waals surface area (Å²) in [6.45, 7) is 5.14. The van der Waals surface area contributed by atoms with E-state index in [4.69, 9.17) is 0 Å². The van der Waals surface area contributed by atoms with E-state index in [1.54, 1.807) is 0 Å². The second-order valence-corrected chi connectivity index (χ2v) is 1.96. The Bertz CT molecular complexity index is 63.4. The molecule has 0 aliphatic rings. The second-order valence-electron chi connectivity index (χ2n) is 1.96. The molecule has 1 N–H and O–H groups in total. The topological polar surface area (TPSA) is 38.3 Å². The Morgan fingerprint density at radius 1 is 1.75 bits per heavy atom. The lowest BCUT2D eigenvalue weighted by molar-refractivity contribution is -0.135. The van der Waals surface area contributed by atoms with E-state index in [2.05, 4.69) is 10.3 Å². The molecule has 0 heterocycles. The monoisotopic (exact) mass is 117 g/mol. The molecule has 3 nitrogen and oxygen atoms in total. The Morgan fingerprint density at radius 2 is 2.38 bits per heavy atom. The van der Waals surface area contributed by atoms with Crippen molar-refractivity contribution in [2.24, 2.45) is 5.92 Å². The van der Waals surface area contributed by atoms with Gasteiger partial charge in [-0.3, -0.25) is 4.79 Å². The van der Waals surface area contributed by atoms with Gasteiger partial charge >= 0.3 is 6.47 Å². The predicted octanol–water partition coefficient (Wildman–Crippen LogP) is 0.320. The molecule has 0 aromatic rings. The van der Waals surface area contributed by atoms with Crippen LogP contribution >= 0.6 is 0 Å². The lowest BCUT2D eigenvalue weighted by Crippen LogP contribution is -2.18. The van der Waals surface area contributed by atoms with Crippen molar-refractivity contribution in [3.8, 4) is 0 Å². The molecular weight excluding hydrogens is 106 g/mol. The number of hydroxylamine groups is 1. The van der Waals surface area contributed by atoms with E-state index in [9.17, 15) is 4.79 Å². The maximum Gasteiger partial charge on any atom is 0.312 e. The van der Waals surface area contributed by atoms with E-state index >= 15 is 0 Å². The molecule has 0 unspecified atom stereocenters. The summed E-state index contributed by atoms with van der Waals surface area (Å²) in [7, 11) is 0. The van der Waals surface area contributed by atoms with Gasteiger partial charge in [0.05, 0.1) is 0 Å². The quantitative estimate of drug-likeness (QED) is 0.327. The van der Waals surface area contributed by atoms with Crippen LogP contribution in [0.25, 0.3) is 0 Å². The van der Waals surface area contributed by atoms with Crippen LogP contribution < -0.4 is 5.48 Å². The molecule has 0 aliphatic carbocycles. The van der Waals surface area contributed by atoms with E-state index in [-0.39, 0.29) is 0 Å². The molecule has 0 aromatic heterocycles. The number of hydrogen-bond donors (Lipinski definition) is 1. The molecule has 0 aliphatic heterocycles. The molecule has 0 aromatic carbocycles. The summed E-state index contributed by atoms with van der Waals surface area (Å²) >= 11 is 0. The number of rotatable bonds is 4. The molecule has 0 spiro atoms. The first-order valence-corrected chi connectivity index (χ1v) is 2.59. The average molecular weight is 117 g/mol. The lowest BCUT2D eigenvalue weighted by Gasteiger charge is -2.01. The van der Waals surface area contributed by atoms with Gasteiger partial charge in [0.15, 0.2) is 0 Å². The van der Waals surface area contributed by atoms with Gasteiger partial charge in [-0.25, -0.2) is 0 Å². The zero-order chi connectivity index (χ0) is 6.41. The summed E-state index contributed by atoms with van der Waals surface area (Å²) < 4.78 is 0. The molecule has 0 saturated heterocycles. The van der Waals surface area contributed by atoms with Gasteiger partial charge in [-0.2, -0.15) is 5.48 Å². The largest absolute Gasteiger partial charge is 0.374 e. The average Bonchev–Trinajstić information content (AvgIpc) is 1.66. The highest BCUT2D eigenvalue weighted by molar-refractivity contribution is 5.36. The minimum Gasteiger partial charge on any atom is -0.374 e. The summed E-state index contributed by atoms with van der Waals surface area (Å²) in [5.41, 5.74) is 2.47. The molecule has 0 fully saturated rings. The Labute approximate surface area is 49.0 Å². The minimum absolute atomic E-state index is 0.377. The van der Waals surface area contributed by atoms with Crippen LogP contribution in [0.3, 0.4) is 0 Å². The fourth-order valence-electron chi connectivity index (χ4n) is 0.249. The van der Waals surface area contributed by atoms with Crippen molar-refractivity contribution in [3.63, 3.8) is 0 Å². The highest BCUT2D eigenvalue weighted by Gasteiger charge is 1.89. The van der Waals surface area contributed by atoms with Gasteiger partial charge in [0.2, 0.25) is 0 Å². The number of nitrogens with one attached hydrogen (secondary N) is 1. The normalized spacial score (nSPS) is 9.38. The van der Waals surface area contributed by atoms with Crippen molar-refractivity contribution in [1.29, 1.82) is 0 Å². The molecule has 8 heavy (non-hydrogen) atoms. The van der Waals surface area contributed by atoms with E-state index in [1.807, 2.05) is 13.8 Å². The summed E-state index contributed by atoms with van der Waals surface area (Å²) in [4.78, 5) is 13.7. The fourth-order valence-corrected chi connectivity index (χ4v) is 0.249. The van der Waals surface area contributed by atoms with Gasteiger partial charge in [0, 0.05) is 6.54 Å². The van der Waals surface area contributed by atoms with Crippen molar-refractivity contribution in [3.05, 3.63) is 0 Å². The lowest BCUT2D eigenvalue weighted by atomic mass is 10.2. The second kappa shape index (κ2) is 4.59. The molecule has 0 amide bonds. The van der Waals surface area contributed by atoms with Gasteiger partial charge in [-0.1, -0.05) is 13.8 Å². The summed E-state index contributed by atoms with van der Waals surface area (Å²) in [5, 5.41) is 0. The summed E-state index contributed by atoms with van der Waals surface area (Å²) in [6, 6.07) is 0. The Balaban J connectivity index is 2.81. The summed E-state index contributed by atoms with van der Waals surface area (Å²) in [6.07, 6.45) is 0.